The maximum absolute atomic E-state index is 12.3. The molecule has 0 aliphatic heterocycles. The first kappa shape index (κ1) is 20.5. The highest BCUT2D eigenvalue weighted by Crippen LogP contribution is 2.03. The molecule has 1 heterocycles. The molecule has 0 radical (unpaired) electrons. The third kappa shape index (κ3) is 8.74. The number of hydrogen-bond acceptors (Lipinski definition) is 4. The first-order chi connectivity index (χ1) is 11.8. The van der Waals surface area contributed by atoms with E-state index in [-0.39, 0.29) is 36.7 Å². The Hall–Kier alpha value is -2.57. The Balaban J connectivity index is 2.64. The van der Waals surface area contributed by atoms with E-state index >= 15 is 0 Å². The van der Waals surface area contributed by atoms with E-state index in [9.17, 15) is 14.4 Å². The number of carbonyl (C=O) groups excluding carboxylic acids is 3. The van der Waals surface area contributed by atoms with Gasteiger partial charge in [0.15, 0.2) is 0 Å². The fraction of sp³-hybridized carbons (Fsp3) is 0.500. The summed E-state index contributed by atoms with van der Waals surface area (Å²) in [4.78, 5) is 36.1. The fourth-order valence-electron chi connectivity index (χ4n) is 2.09. The summed E-state index contributed by atoms with van der Waals surface area (Å²) >= 11 is 0. The Morgan fingerprint density at radius 1 is 1.08 bits per heavy atom. The minimum atomic E-state index is -0.783. The Bertz CT molecular complexity index is 591. The summed E-state index contributed by atoms with van der Waals surface area (Å²) in [5, 5.41) is 8.15. The molecule has 1 rings (SSSR count). The molecule has 25 heavy (non-hydrogen) atoms. The van der Waals surface area contributed by atoms with Gasteiger partial charge in [-0.1, -0.05) is 0 Å². The number of rotatable bonds is 9. The normalized spacial score (nSPS) is 12.4. The van der Waals surface area contributed by atoms with Crippen LogP contribution >= 0.6 is 0 Å². The molecule has 7 heteroatoms. The van der Waals surface area contributed by atoms with Crippen LogP contribution in [0.2, 0.25) is 0 Å². The molecule has 138 valence electrons. The van der Waals surface area contributed by atoms with Crippen LogP contribution in [-0.2, 0) is 14.4 Å². The number of nitrogens with one attached hydrogen (secondary N) is 3. The van der Waals surface area contributed by atoms with Gasteiger partial charge in [0, 0.05) is 24.6 Å². The molecule has 1 aromatic heterocycles. The summed E-state index contributed by atoms with van der Waals surface area (Å²) in [7, 11) is 0. The molecule has 7 nitrogen and oxygen atoms in total. The van der Waals surface area contributed by atoms with Gasteiger partial charge in [-0.3, -0.25) is 14.4 Å². The zero-order chi connectivity index (χ0) is 18.8. The molecule has 0 aliphatic rings. The second-order valence-electron chi connectivity index (χ2n) is 6.33. The third-order valence-corrected chi connectivity index (χ3v) is 3.12. The minimum Gasteiger partial charge on any atom is -0.465 e. The van der Waals surface area contributed by atoms with Gasteiger partial charge in [0.05, 0.1) is 6.26 Å². The monoisotopic (exact) mass is 349 g/mol. The predicted molar refractivity (Wildman–Crippen MR) is 95.5 cm³/mol. The van der Waals surface area contributed by atoms with Crippen LogP contribution in [0.5, 0.6) is 0 Å². The molecular weight excluding hydrogens is 322 g/mol. The van der Waals surface area contributed by atoms with Crippen molar-refractivity contribution < 1.29 is 18.8 Å². The van der Waals surface area contributed by atoms with Gasteiger partial charge in [-0.05, 0) is 52.3 Å². The highest BCUT2D eigenvalue weighted by Gasteiger charge is 2.21. The molecule has 1 atom stereocenters. The van der Waals surface area contributed by atoms with Crippen molar-refractivity contribution in [1.29, 1.82) is 0 Å². The summed E-state index contributed by atoms with van der Waals surface area (Å²) in [6.07, 6.45) is 4.68. The number of hydrogen-bond donors (Lipinski definition) is 3. The summed E-state index contributed by atoms with van der Waals surface area (Å²) in [5.74, 6) is -0.357. The highest BCUT2D eigenvalue weighted by molar-refractivity contribution is 5.95. The van der Waals surface area contributed by atoms with Crippen LogP contribution in [0.25, 0.3) is 6.08 Å². The topological polar surface area (TPSA) is 100 Å². The van der Waals surface area contributed by atoms with Crippen LogP contribution in [-0.4, -0.2) is 35.8 Å². The lowest BCUT2D eigenvalue weighted by Gasteiger charge is -2.19. The van der Waals surface area contributed by atoms with Crippen molar-refractivity contribution >= 4 is 23.8 Å². The standard InChI is InChI=1S/C18H27N3O4/c1-12(2)19-16(22)10-8-15(18(24)20-13(3)4)21-17(23)9-7-14-6-5-11-25-14/h5-7,9,11-13,15H,8,10H2,1-4H3,(H,19,22)(H,20,24)(H,21,23)/b9-7+. The quantitative estimate of drug-likeness (QED) is 0.590. The zero-order valence-electron chi connectivity index (χ0n) is 15.2. The molecule has 0 aromatic carbocycles. The molecule has 0 saturated carbocycles. The fourth-order valence-corrected chi connectivity index (χ4v) is 2.09. The first-order valence-corrected chi connectivity index (χ1v) is 8.39. The molecule has 1 unspecified atom stereocenters. The van der Waals surface area contributed by atoms with E-state index < -0.39 is 11.9 Å². The van der Waals surface area contributed by atoms with E-state index in [2.05, 4.69) is 16.0 Å². The Kier molecular flexibility index (Phi) is 8.46. The van der Waals surface area contributed by atoms with E-state index in [0.29, 0.717) is 5.76 Å². The van der Waals surface area contributed by atoms with Crippen molar-refractivity contribution in [3.63, 3.8) is 0 Å². The molecule has 0 aliphatic carbocycles. The molecule has 0 saturated heterocycles. The Labute approximate surface area is 148 Å². The van der Waals surface area contributed by atoms with E-state index in [1.807, 2.05) is 27.7 Å². The molecule has 0 fully saturated rings. The van der Waals surface area contributed by atoms with Crippen molar-refractivity contribution in [2.45, 2.75) is 58.7 Å². The smallest absolute Gasteiger partial charge is 0.244 e. The van der Waals surface area contributed by atoms with Crippen molar-refractivity contribution in [3.05, 3.63) is 30.2 Å². The summed E-state index contributed by atoms with van der Waals surface area (Å²) in [6.45, 7) is 7.39. The van der Waals surface area contributed by atoms with E-state index in [4.69, 9.17) is 4.42 Å². The Morgan fingerprint density at radius 3 is 2.32 bits per heavy atom. The molecule has 3 N–H and O–H groups in total. The van der Waals surface area contributed by atoms with Crippen LogP contribution in [0.3, 0.4) is 0 Å². The number of furan rings is 1. The summed E-state index contributed by atoms with van der Waals surface area (Å²) < 4.78 is 5.11. The van der Waals surface area contributed by atoms with Crippen LogP contribution in [0.15, 0.2) is 28.9 Å². The van der Waals surface area contributed by atoms with Gasteiger partial charge in [0.2, 0.25) is 17.7 Å². The lowest BCUT2D eigenvalue weighted by molar-refractivity contribution is -0.128. The molecule has 3 amide bonds. The Morgan fingerprint density at radius 2 is 1.76 bits per heavy atom. The number of carbonyl (C=O) groups is 3. The van der Waals surface area contributed by atoms with E-state index in [1.54, 1.807) is 12.1 Å². The second-order valence-corrected chi connectivity index (χ2v) is 6.33. The van der Waals surface area contributed by atoms with Gasteiger partial charge >= 0.3 is 0 Å². The van der Waals surface area contributed by atoms with Crippen molar-refractivity contribution in [2.75, 3.05) is 0 Å². The van der Waals surface area contributed by atoms with Gasteiger partial charge in [-0.25, -0.2) is 0 Å². The summed E-state index contributed by atoms with van der Waals surface area (Å²) in [6, 6.07) is 2.61. The summed E-state index contributed by atoms with van der Waals surface area (Å²) in [5.41, 5.74) is 0. The van der Waals surface area contributed by atoms with Crippen LogP contribution in [0, 0.1) is 0 Å². The lowest BCUT2D eigenvalue weighted by Crippen LogP contribution is -2.48. The highest BCUT2D eigenvalue weighted by atomic mass is 16.3. The van der Waals surface area contributed by atoms with E-state index in [0.717, 1.165) is 0 Å². The van der Waals surface area contributed by atoms with Gasteiger partial charge in [-0.2, -0.15) is 0 Å². The van der Waals surface area contributed by atoms with Crippen LogP contribution in [0.1, 0.15) is 46.3 Å². The zero-order valence-corrected chi connectivity index (χ0v) is 15.2. The largest absolute Gasteiger partial charge is 0.465 e. The van der Waals surface area contributed by atoms with Gasteiger partial charge in [-0.15, -0.1) is 0 Å². The van der Waals surface area contributed by atoms with Crippen molar-refractivity contribution in [2.24, 2.45) is 0 Å². The van der Waals surface area contributed by atoms with Crippen LogP contribution < -0.4 is 16.0 Å². The van der Waals surface area contributed by atoms with E-state index in [1.165, 1.54) is 18.4 Å². The van der Waals surface area contributed by atoms with Crippen molar-refractivity contribution in [3.8, 4) is 0 Å². The van der Waals surface area contributed by atoms with Crippen molar-refractivity contribution in [1.82, 2.24) is 16.0 Å². The average Bonchev–Trinajstić information content (AvgIpc) is 3.01. The second kappa shape index (κ2) is 10.3. The van der Waals surface area contributed by atoms with Crippen LogP contribution in [0.4, 0.5) is 0 Å². The first-order valence-electron chi connectivity index (χ1n) is 8.39. The average molecular weight is 349 g/mol. The SMILES string of the molecule is CC(C)NC(=O)CCC(NC(=O)/C=C/c1ccco1)C(=O)NC(C)C. The lowest BCUT2D eigenvalue weighted by atomic mass is 10.1. The van der Waals surface area contributed by atoms with Gasteiger partial charge in [0.25, 0.3) is 0 Å². The van der Waals surface area contributed by atoms with Gasteiger partial charge < -0.3 is 20.4 Å². The minimum absolute atomic E-state index is 0.0289. The molecule has 0 spiro atoms. The molecule has 0 bridgehead atoms. The number of amides is 3. The maximum Gasteiger partial charge on any atom is 0.244 e. The molecular formula is C18H27N3O4. The van der Waals surface area contributed by atoms with Gasteiger partial charge in [0.1, 0.15) is 11.8 Å². The third-order valence-electron chi connectivity index (χ3n) is 3.12. The molecule has 1 aromatic rings. The predicted octanol–water partition coefficient (Wildman–Crippen LogP) is 1.61. The maximum atomic E-state index is 12.3.